The van der Waals surface area contributed by atoms with Crippen LogP contribution in [0.15, 0.2) is 0 Å². The van der Waals surface area contributed by atoms with Gasteiger partial charge in [0.15, 0.2) is 5.82 Å². The van der Waals surface area contributed by atoms with Gasteiger partial charge in [0.1, 0.15) is 0 Å². The Morgan fingerprint density at radius 2 is 2.11 bits per heavy atom. The molecule has 6 nitrogen and oxygen atoms in total. The second kappa shape index (κ2) is 6.64. The van der Waals surface area contributed by atoms with Gasteiger partial charge >= 0.3 is 6.18 Å². The molecule has 0 saturated carbocycles. The van der Waals surface area contributed by atoms with Gasteiger partial charge in [-0.25, -0.2) is 4.68 Å². The van der Waals surface area contributed by atoms with E-state index in [4.69, 9.17) is 5.11 Å². The lowest BCUT2D eigenvalue weighted by Crippen LogP contribution is -2.36. The van der Waals surface area contributed by atoms with Crippen LogP contribution in [0, 0.1) is 0 Å². The number of alkyl halides is 3. The summed E-state index contributed by atoms with van der Waals surface area (Å²) in [6.45, 7) is 0.942. The van der Waals surface area contributed by atoms with E-state index in [-0.39, 0.29) is 19.7 Å². The molecule has 0 saturated heterocycles. The number of halogens is 3. The largest absolute Gasteiger partial charge is 0.401 e. The SMILES string of the molecule is CCCn1nnnc1CN(CCO)CC(F)(F)F. The number of tetrazole rings is 1. The zero-order valence-electron chi connectivity index (χ0n) is 10.1. The molecule has 1 N–H and O–H groups in total. The quantitative estimate of drug-likeness (QED) is 0.776. The van der Waals surface area contributed by atoms with Crippen LogP contribution in [0.2, 0.25) is 0 Å². The van der Waals surface area contributed by atoms with Crippen molar-refractivity contribution in [2.45, 2.75) is 32.6 Å². The molecule has 18 heavy (non-hydrogen) atoms. The summed E-state index contributed by atoms with van der Waals surface area (Å²) < 4.78 is 38.4. The lowest BCUT2D eigenvalue weighted by molar-refractivity contribution is -0.148. The Morgan fingerprint density at radius 3 is 2.67 bits per heavy atom. The normalized spacial score (nSPS) is 12.3. The fourth-order valence-corrected chi connectivity index (χ4v) is 1.53. The number of hydrogen-bond donors (Lipinski definition) is 1. The maximum absolute atomic E-state index is 12.3. The van der Waals surface area contributed by atoms with Crippen molar-refractivity contribution >= 4 is 0 Å². The highest BCUT2D eigenvalue weighted by Gasteiger charge is 2.31. The molecule has 9 heteroatoms. The van der Waals surface area contributed by atoms with E-state index in [1.165, 1.54) is 4.68 Å². The van der Waals surface area contributed by atoms with Gasteiger partial charge < -0.3 is 5.11 Å². The number of aryl methyl sites for hydroxylation is 1. The predicted octanol–water partition coefficient (Wildman–Crippen LogP) is 0.440. The summed E-state index contributed by atoms with van der Waals surface area (Å²) in [7, 11) is 0. The predicted molar refractivity (Wildman–Crippen MR) is 56.5 cm³/mol. The minimum Gasteiger partial charge on any atom is -0.395 e. The third kappa shape index (κ3) is 4.96. The van der Waals surface area contributed by atoms with Gasteiger partial charge in [0.05, 0.1) is 19.7 Å². The summed E-state index contributed by atoms with van der Waals surface area (Å²) in [4.78, 5) is 1.07. The minimum absolute atomic E-state index is 0.0347. The van der Waals surface area contributed by atoms with Crippen molar-refractivity contribution in [3.63, 3.8) is 0 Å². The van der Waals surface area contributed by atoms with Crippen molar-refractivity contribution in [3.05, 3.63) is 5.82 Å². The zero-order chi connectivity index (χ0) is 13.6. The highest BCUT2D eigenvalue weighted by molar-refractivity contribution is 4.82. The van der Waals surface area contributed by atoms with Crippen molar-refractivity contribution in [2.75, 3.05) is 19.7 Å². The lowest BCUT2D eigenvalue weighted by Gasteiger charge is -2.21. The highest BCUT2D eigenvalue weighted by Crippen LogP contribution is 2.17. The maximum atomic E-state index is 12.3. The lowest BCUT2D eigenvalue weighted by atomic mass is 10.4. The highest BCUT2D eigenvalue weighted by atomic mass is 19.4. The van der Waals surface area contributed by atoms with Gasteiger partial charge in [0.2, 0.25) is 0 Å². The third-order valence-corrected chi connectivity index (χ3v) is 2.23. The van der Waals surface area contributed by atoms with Crippen LogP contribution >= 0.6 is 0 Å². The zero-order valence-corrected chi connectivity index (χ0v) is 10.1. The molecule has 0 spiro atoms. The van der Waals surface area contributed by atoms with Gasteiger partial charge in [0, 0.05) is 13.1 Å². The van der Waals surface area contributed by atoms with Crippen molar-refractivity contribution < 1.29 is 18.3 Å². The molecule has 0 bridgehead atoms. The van der Waals surface area contributed by atoms with Crippen molar-refractivity contribution in [3.8, 4) is 0 Å². The molecule has 0 aliphatic heterocycles. The first-order chi connectivity index (χ1) is 8.46. The summed E-state index contributed by atoms with van der Waals surface area (Å²) in [6.07, 6.45) is -3.52. The molecule has 0 atom stereocenters. The van der Waals surface area contributed by atoms with Gasteiger partial charge in [-0.05, 0) is 16.8 Å². The van der Waals surface area contributed by atoms with Gasteiger partial charge in [0.25, 0.3) is 0 Å². The van der Waals surface area contributed by atoms with E-state index < -0.39 is 12.7 Å². The Bertz CT molecular complexity index is 354. The average Bonchev–Trinajstić information content (AvgIpc) is 2.64. The molecular weight excluding hydrogens is 251 g/mol. The average molecular weight is 267 g/mol. The van der Waals surface area contributed by atoms with Crippen LogP contribution in [0.25, 0.3) is 0 Å². The second-order valence-corrected chi connectivity index (χ2v) is 3.87. The molecule has 0 amide bonds. The molecule has 0 unspecified atom stereocenters. The van der Waals surface area contributed by atoms with Crippen LogP contribution in [-0.4, -0.2) is 56.1 Å². The Balaban J connectivity index is 2.67. The molecule has 104 valence electrons. The van der Waals surface area contributed by atoms with E-state index in [9.17, 15) is 13.2 Å². The molecule has 0 radical (unpaired) electrons. The number of aliphatic hydroxyl groups excluding tert-OH is 1. The number of aromatic nitrogens is 4. The molecule has 1 heterocycles. The van der Waals surface area contributed by atoms with Crippen LogP contribution in [0.1, 0.15) is 19.2 Å². The van der Waals surface area contributed by atoms with Gasteiger partial charge in [-0.3, -0.25) is 4.90 Å². The summed E-state index contributed by atoms with van der Waals surface area (Å²) in [5.41, 5.74) is 0. The topological polar surface area (TPSA) is 67.1 Å². The first-order valence-corrected chi connectivity index (χ1v) is 5.61. The smallest absolute Gasteiger partial charge is 0.395 e. The number of aliphatic hydroxyl groups is 1. The van der Waals surface area contributed by atoms with Crippen LogP contribution in [0.4, 0.5) is 13.2 Å². The van der Waals surface area contributed by atoms with Crippen LogP contribution in [-0.2, 0) is 13.1 Å². The number of rotatable bonds is 7. The standard InChI is InChI=1S/C9H16F3N5O/c1-2-3-17-8(13-14-15-17)6-16(4-5-18)7-9(10,11)12/h18H,2-7H2,1H3. The van der Waals surface area contributed by atoms with Crippen LogP contribution < -0.4 is 0 Å². The summed E-state index contributed by atoms with van der Waals surface area (Å²) in [5.74, 6) is 0.370. The first-order valence-electron chi connectivity index (χ1n) is 5.61. The molecule has 0 fully saturated rings. The molecule has 0 aliphatic rings. The van der Waals surface area contributed by atoms with E-state index in [0.717, 1.165) is 11.3 Å². The Kier molecular flexibility index (Phi) is 5.48. The van der Waals surface area contributed by atoms with Crippen molar-refractivity contribution in [2.24, 2.45) is 0 Å². The van der Waals surface area contributed by atoms with E-state index in [1.807, 2.05) is 6.92 Å². The van der Waals surface area contributed by atoms with E-state index in [1.54, 1.807) is 0 Å². The van der Waals surface area contributed by atoms with Gasteiger partial charge in [-0.1, -0.05) is 6.92 Å². The first kappa shape index (κ1) is 14.8. The van der Waals surface area contributed by atoms with Crippen LogP contribution in [0.5, 0.6) is 0 Å². The van der Waals surface area contributed by atoms with Gasteiger partial charge in [-0.15, -0.1) is 5.10 Å². The minimum atomic E-state index is -4.31. The molecule has 1 aromatic rings. The van der Waals surface area contributed by atoms with E-state index in [2.05, 4.69) is 15.5 Å². The summed E-state index contributed by atoms with van der Waals surface area (Å²) in [5, 5.41) is 19.6. The number of nitrogens with zero attached hydrogens (tertiary/aromatic N) is 5. The summed E-state index contributed by atoms with van der Waals surface area (Å²) in [6, 6.07) is 0. The van der Waals surface area contributed by atoms with Crippen molar-refractivity contribution in [1.29, 1.82) is 0 Å². The van der Waals surface area contributed by atoms with Crippen molar-refractivity contribution in [1.82, 2.24) is 25.1 Å². The molecule has 0 aliphatic carbocycles. The number of hydrogen-bond acceptors (Lipinski definition) is 5. The van der Waals surface area contributed by atoms with E-state index >= 15 is 0 Å². The Labute approximate surface area is 102 Å². The Hall–Kier alpha value is -1.22. The third-order valence-electron chi connectivity index (χ3n) is 2.23. The fourth-order valence-electron chi connectivity index (χ4n) is 1.53. The molecule has 1 rings (SSSR count). The van der Waals surface area contributed by atoms with E-state index in [0.29, 0.717) is 12.4 Å². The van der Waals surface area contributed by atoms with Crippen LogP contribution in [0.3, 0.4) is 0 Å². The maximum Gasteiger partial charge on any atom is 0.401 e. The van der Waals surface area contributed by atoms with Gasteiger partial charge in [-0.2, -0.15) is 13.2 Å². The molecular formula is C9H16F3N5O. The summed E-state index contributed by atoms with van der Waals surface area (Å²) >= 11 is 0. The second-order valence-electron chi connectivity index (χ2n) is 3.87. The fraction of sp³-hybridized carbons (Fsp3) is 0.889. The molecule has 0 aromatic carbocycles. The monoisotopic (exact) mass is 267 g/mol. The Morgan fingerprint density at radius 1 is 1.39 bits per heavy atom. The molecule has 1 aromatic heterocycles.